The molecule has 1 aromatic rings. The van der Waals surface area contributed by atoms with Crippen LogP contribution in [0.4, 0.5) is 8.78 Å². The number of hydrogen-bond donors (Lipinski definition) is 1. The summed E-state index contributed by atoms with van der Waals surface area (Å²) in [7, 11) is 0. The second-order valence-electron chi connectivity index (χ2n) is 5.26. The fraction of sp³-hybridized carbons (Fsp3) is 0.533. The van der Waals surface area contributed by atoms with Crippen LogP contribution in [0.3, 0.4) is 0 Å². The maximum absolute atomic E-state index is 13.5. The van der Waals surface area contributed by atoms with Crippen LogP contribution in [0.1, 0.15) is 31.2 Å². The molecule has 0 heterocycles. The lowest BCUT2D eigenvalue weighted by Crippen LogP contribution is -2.43. The lowest BCUT2D eigenvalue weighted by atomic mass is 9.85. The van der Waals surface area contributed by atoms with E-state index in [1.807, 2.05) is 0 Å². The molecule has 2 unspecified atom stereocenters. The van der Waals surface area contributed by atoms with Gasteiger partial charge in [-0.1, -0.05) is 25.0 Å². The zero-order valence-corrected chi connectivity index (χ0v) is 11.9. The largest absolute Gasteiger partial charge is 0.353 e. The summed E-state index contributed by atoms with van der Waals surface area (Å²) < 4.78 is 26.6. The Balaban J connectivity index is 1.96. The highest BCUT2D eigenvalue weighted by molar-refractivity contribution is 6.18. The first kappa shape index (κ1) is 15.2. The molecular weight excluding hydrogens is 284 g/mol. The molecule has 2 nitrogen and oxygen atoms in total. The Bertz CT molecular complexity index is 481. The number of amides is 1. The van der Waals surface area contributed by atoms with E-state index in [0.29, 0.717) is 5.88 Å². The average Bonchev–Trinajstić information content (AvgIpc) is 2.44. The summed E-state index contributed by atoms with van der Waals surface area (Å²) in [6, 6.07) is 3.92. The Morgan fingerprint density at radius 2 is 2.05 bits per heavy atom. The zero-order valence-electron chi connectivity index (χ0n) is 11.2. The summed E-state index contributed by atoms with van der Waals surface area (Å²) in [4.78, 5) is 12.0. The van der Waals surface area contributed by atoms with E-state index in [2.05, 4.69) is 5.32 Å². The molecule has 1 amide bonds. The van der Waals surface area contributed by atoms with Crippen molar-refractivity contribution < 1.29 is 13.6 Å². The minimum absolute atomic E-state index is 0.0466. The standard InChI is InChI=1S/C15H18ClF2NO/c16-9-11-4-1-2-7-13(11)19-14(20)8-10-5-3-6-12(17)15(10)18/h3,5-6,11,13H,1-2,4,7-9H2,(H,19,20). The molecule has 1 aliphatic rings. The van der Waals surface area contributed by atoms with Gasteiger partial charge in [0.15, 0.2) is 11.6 Å². The molecule has 1 saturated carbocycles. The van der Waals surface area contributed by atoms with Gasteiger partial charge in [0.05, 0.1) is 6.42 Å². The van der Waals surface area contributed by atoms with Crippen molar-refractivity contribution in [2.45, 2.75) is 38.1 Å². The number of benzene rings is 1. The van der Waals surface area contributed by atoms with Gasteiger partial charge in [0.1, 0.15) is 0 Å². The molecule has 5 heteroatoms. The number of nitrogens with one attached hydrogen (secondary N) is 1. The Hall–Kier alpha value is -1.16. The van der Waals surface area contributed by atoms with Crippen LogP contribution in [0.15, 0.2) is 18.2 Å². The van der Waals surface area contributed by atoms with Crippen LogP contribution < -0.4 is 5.32 Å². The molecule has 110 valence electrons. The number of halogens is 3. The third-order valence-corrected chi connectivity index (χ3v) is 4.23. The Kier molecular flexibility index (Phi) is 5.35. The second kappa shape index (κ2) is 7.02. The molecule has 0 spiro atoms. The SMILES string of the molecule is O=C(Cc1cccc(F)c1F)NC1CCCCC1CCl. The molecule has 2 rings (SSSR count). The molecule has 1 aliphatic carbocycles. The molecule has 1 fully saturated rings. The molecule has 0 bridgehead atoms. The third kappa shape index (κ3) is 3.69. The quantitative estimate of drug-likeness (QED) is 0.848. The van der Waals surface area contributed by atoms with E-state index in [1.54, 1.807) is 0 Å². The summed E-state index contributed by atoms with van der Waals surface area (Å²) >= 11 is 5.90. The molecule has 1 N–H and O–H groups in total. The van der Waals surface area contributed by atoms with E-state index in [-0.39, 0.29) is 29.9 Å². The van der Waals surface area contributed by atoms with E-state index in [9.17, 15) is 13.6 Å². The highest BCUT2D eigenvalue weighted by atomic mass is 35.5. The van der Waals surface area contributed by atoms with Crippen LogP contribution in [0.5, 0.6) is 0 Å². The van der Waals surface area contributed by atoms with Crippen LogP contribution >= 0.6 is 11.6 Å². The Morgan fingerprint density at radius 3 is 2.80 bits per heavy atom. The van der Waals surface area contributed by atoms with Gasteiger partial charge >= 0.3 is 0 Å². The van der Waals surface area contributed by atoms with E-state index >= 15 is 0 Å². The van der Waals surface area contributed by atoms with Gasteiger partial charge in [-0.2, -0.15) is 0 Å². The molecule has 0 aromatic heterocycles. The van der Waals surface area contributed by atoms with Crippen molar-refractivity contribution in [2.24, 2.45) is 5.92 Å². The first-order valence-electron chi connectivity index (χ1n) is 6.90. The summed E-state index contributed by atoms with van der Waals surface area (Å²) in [5.41, 5.74) is 0.0840. The van der Waals surface area contributed by atoms with Crippen molar-refractivity contribution in [3.05, 3.63) is 35.4 Å². The van der Waals surface area contributed by atoms with Crippen molar-refractivity contribution >= 4 is 17.5 Å². The average molecular weight is 302 g/mol. The van der Waals surface area contributed by atoms with Gasteiger partial charge in [0.2, 0.25) is 5.91 Å². The predicted octanol–water partition coefficient (Wildman–Crippen LogP) is 3.42. The molecule has 20 heavy (non-hydrogen) atoms. The van der Waals surface area contributed by atoms with Crippen LogP contribution in [0.2, 0.25) is 0 Å². The first-order chi connectivity index (χ1) is 9.61. The third-order valence-electron chi connectivity index (χ3n) is 3.84. The zero-order chi connectivity index (χ0) is 14.5. The van der Waals surface area contributed by atoms with Crippen LogP contribution in [-0.2, 0) is 11.2 Å². The molecule has 1 aromatic carbocycles. The fourth-order valence-electron chi connectivity index (χ4n) is 2.70. The predicted molar refractivity (Wildman–Crippen MR) is 74.7 cm³/mol. The Morgan fingerprint density at radius 1 is 1.30 bits per heavy atom. The van der Waals surface area contributed by atoms with E-state index < -0.39 is 11.6 Å². The maximum atomic E-state index is 13.5. The van der Waals surface area contributed by atoms with Crippen LogP contribution in [0.25, 0.3) is 0 Å². The normalized spacial score (nSPS) is 22.6. The van der Waals surface area contributed by atoms with Gasteiger partial charge in [-0.05, 0) is 24.8 Å². The molecule has 0 saturated heterocycles. The smallest absolute Gasteiger partial charge is 0.224 e. The topological polar surface area (TPSA) is 29.1 Å². The Labute approximate surface area is 122 Å². The summed E-state index contributed by atoms with van der Waals surface area (Å²) in [6.07, 6.45) is 3.95. The summed E-state index contributed by atoms with van der Waals surface area (Å²) in [5.74, 6) is -1.37. The number of alkyl halides is 1. The number of carbonyl (C=O) groups is 1. The lowest BCUT2D eigenvalue weighted by molar-refractivity contribution is -0.121. The van der Waals surface area contributed by atoms with Crippen LogP contribution in [-0.4, -0.2) is 17.8 Å². The van der Waals surface area contributed by atoms with E-state index in [1.165, 1.54) is 12.1 Å². The molecular formula is C15H18ClF2NO. The van der Waals surface area contributed by atoms with Gasteiger partial charge in [-0.15, -0.1) is 11.6 Å². The van der Waals surface area contributed by atoms with Crippen molar-refractivity contribution in [1.29, 1.82) is 0 Å². The highest BCUT2D eigenvalue weighted by Crippen LogP contribution is 2.25. The maximum Gasteiger partial charge on any atom is 0.224 e. The van der Waals surface area contributed by atoms with E-state index in [0.717, 1.165) is 31.7 Å². The van der Waals surface area contributed by atoms with Crippen molar-refractivity contribution in [3.8, 4) is 0 Å². The van der Waals surface area contributed by atoms with Gasteiger partial charge in [-0.3, -0.25) is 4.79 Å². The molecule has 0 aliphatic heterocycles. The highest BCUT2D eigenvalue weighted by Gasteiger charge is 2.26. The molecule has 0 radical (unpaired) electrons. The second-order valence-corrected chi connectivity index (χ2v) is 5.57. The number of hydrogen-bond acceptors (Lipinski definition) is 1. The summed E-state index contributed by atoms with van der Waals surface area (Å²) in [6.45, 7) is 0. The van der Waals surface area contributed by atoms with Gasteiger partial charge in [-0.25, -0.2) is 8.78 Å². The monoisotopic (exact) mass is 301 g/mol. The van der Waals surface area contributed by atoms with Gasteiger partial charge in [0.25, 0.3) is 0 Å². The van der Waals surface area contributed by atoms with Gasteiger partial charge in [0, 0.05) is 17.5 Å². The molecule has 2 atom stereocenters. The van der Waals surface area contributed by atoms with Gasteiger partial charge < -0.3 is 5.32 Å². The first-order valence-corrected chi connectivity index (χ1v) is 7.43. The summed E-state index contributed by atoms with van der Waals surface area (Å²) in [5, 5.41) is 2.90. The lowest BCUT2D eigenvalue weighted by Gasteiger charge is -2.30. The number of rotatable bonds is 4. The van der Waals surface area contributed by atoms with Crippen molar-refractivity contribution in [3.63, 3.8) is 0 Å². The fourth-order valence-corrected chi connectivity index (χ4v) is 3.07. The van der Waals surface area contributed by atoms with Crippen molar-refractivity contribution in [1.82, 2.24) is 5.32 Å². The number of carbonyl (C=O) groups excluding carboxylic acids is 1. The van der Waals surface area contributed by atoms with Crippen molar-refractivity contribution in [2.75, 3.05) is 5.88 Å². The van der Waals surface area contributed by atoms with E-state index in [4.69, 9.17) is 11.6 Å². The minimum Gasteiger partial charge on any atom is -0.353 e. The van der Waals surface area contributed by atoms with Crippen LogP contribution in [0, 0.1) is 17.6 Å². The minimum atomic E-state index is -0.944.